The minimum Gasteiger partial charge on any atom is -0.455 e. The van der Waals surface area contributed by atoms with Gasteiger partial charge in [-0.2, -0.15) is 0 Å². The fourth-order valence-corrected chi connectivity index (χ4v) is 6.69. The highest BCUT2D eigenvalue weighted by Crippen LogP contribution is 2.37. The zero-order chi connectivity index (χ0) is 44.1. The van der Waals surface area contributed by atoms with Gasteiger partial charge in [0.25, 0.3) is 0 Å². The first-order chi connectivity index (χ1) is 29.2. The van der Waals surface area contributed by atoms with Gasteiger partial charge in [0.05, 0.1) is 49.6 Å². The third-order valence-electron chi connectivity index (χ3n) is 10.3. The number of hydrogen-bond donors (Lipinski definition) is 0. The van der Waals surface area contributed by atoms with Crippen LogP contribution in [0.4, 0.5) is 0 Å². The van der Waals surface area contributed by atoms with Gasteiger partial charge in [-0.25, -0.2) is 0 Å². The molecule has 9 atom stereocenters. The molecule has 0 radical (unpaired) electrons. The molecule has 5 rings (SSSR count). The molecule has 0 spiro atoms. The van der Waals surface area contributed by atoms with Crippen LogP contribution in [-0.4, -0.2) is 85.8 Å². The largest absolute Gasteiger partial charge is 0.455 e. The Morgan fingerprint density at radius 1 is 0.475 bits per heavy atom. The summed E-state index contributed by atoms with van der Waals surface area (Å²) in [5, 5.41) is 0. The van der Waals surface area contributed by atoms with Crippen LogP contribution in [-0.2, 0) is 81.4 Å². The highest BCUT2D eigenvalue weighted by molar-refractivity contribution is 5.73. The molecule has 0 bridgehead atoms. The van der Waals surface area contributed by atoms with E-state index in [1.165, 1.54) is 0 Å². The summed E-state index contributed by atoms with van der Waals surface area (Å²) >= 11 is 0. The van der Waals surface area contributed by atoms with E-state index in [0.717, 1.165) is 16.7 Å². The van der Waals surface area contributed by atoms with Gasteiger partial charge in [0, 0.05) is 0 Å². The van der Waals surface area contributed by atoms with Gasteiger partial charge >= 0.3 is 23.9 Å². The summed E-state index contributed by atoms with van der Waals surface area (Å²) in [5.41, 5.74) is 2.72. The second kappa shape index (κ2) is 23.0. The Bertz CT molecular complexity index is 1820. The second-order valence-electron chi connectivity index (χ2n) is 16.7. The molecule has 0 saturated carbocycles. The molecule has 332 valence electrons. The average molecular weight is 847 g/mol. The first kappa shape index (κ1) is 47.4. The predicted molar refractivity (Wildman–Crippen MR) is 223 cm³/mol. The first-order valence-corrected chi connectivity index (χ1v) is 21.3. The van der Waals surface area contributed by atoms with Crippen LogP contribution in [0, 0.1) is 23.7 Å². The van der Waals surface area contributed by atoms with Crippen LogP contribution in [0.25, 0.3) is 0 Å². The number of rotatable bonds is 20. The Kier molecular flexibility index (Phi) is 17.8. The smallest absolute Gasteiger partial charge is 0.310 e. The van der Waals surface area contributed by atoms with E-state index >= 15 is 0 Å². The third kappa shape index (κ3) is 13.7. The van der Waals surface area contributed by atoms with E-state index < -0.39 is 103 Å². The lowest BCUT2D eigenvalue weighted by Gasteiger charge is -2.46. The fourth-order valence-electron chi connectivity index (χ4n) is 6.69. The van der Waals surface area contributed by atoms with Crippen molar-refractivity contribution in [1.29, 1.82) is 0 Å². The molecular formula is C48H62O13. The van der Waals surface area contributed by atoms with E-state index in [9.17, 15) is 19.2 Å². The summed E-state index contributed by atoms with van der Waals surface area (Å²) in [5.74, 6) is -4.38. The zero-order valence-electron chi connectivity index (χ0n) is 36.5. The summed E-state index contributed by atoms with van der Waals surface area (Å²) in [6.07, 6.45) is -9.63. The van der Waals surface area contributed by atoms with Gasteiger partial charge in [0.1, 0.15) is 18.3 Å². The molecule has 13 heteroatoms. The number of ether oxygens (including phenoxy) is 9. The van der Waals surface area contributed by atoms with Crippen molar-refractivity contribution in [1.82, 2.24) is 0 Å². The van der Waals surface area contributed by atoms with Crippen molar-refractivity contribution in [3.05, 3.63) is 108 Å². The highest BCUT2D eigenvalue weighted by atomic mass is 16.8. The maximum Gasteiger partial charge on any atom is 0.310 e. The molecule has 3 aromatic rings. The van der Waals surface area contributed by atoms with E-state index in [2.05, 4.69) is 0 Å². The molecule has 2 fully saturated rings. The number of hydrogen-bond acceptors (Lipinski definition) is 13. The quantitative estimate of drug-likeness (QED) is 0.0837. The lowest BCUT2D eigenvalue weighted by atomic mass is 9.96. The number of aryl methyl sites for hydroxylation is 1. The molecule has 2 saturated heterocycles. The maximum atomic E-state index is 13.6. The van der Waals surface area contributed by atoms with Gasteiger partial charge in [-0.15, -0.1) is 0 Å². The molecule has 0 aromatic heterocycles. The first-order valence-electron chi connectivity index (χ1n) is 21.3. The van der Waals surface area contributed by atoms with Crippen molar-refractivity contribution in [2.45, 2.75) is 137 Å². The maximum absolute atomic E-state index is 13.6. The molecule has 0 amide bonds. The Morgan fingerprint density at radius 3 is 1.44 bits per heavy atom. The van der Waals surface area contributed by atoms with E-state index in [1.54, 1.807) is 55.4 Å². The van der Waals surface area contributed by atoms with Crippen molar-refractivity contribution < 1.29 is 61.8 Å². The molecule has 2 heterocycles. The van der Waals surface area contributed by atoms with Crippen LogP contribution in [0.15, 0.2) is 91.0 Å². The number of carbonyl (C=O) groups is 4. The number of carbonyl (C=O) groups excluding carboxylic acids is 4. The summed E-state index contributed by atoms with van der Waals surface area (Å²) in [6.45, 7) is 13.7. The average Bonchev–Trinajstić information content (AvgIpc) is 3.55. The monoisotopic (exact) mass is 846 g/mol. The number of benzene rings is 3. The molecule has 61 heavy (non-hydrogen) atoms. The Balaban J connectivity index is 1.59. The predicted octanol–water partition coefficient (Wildman–Crippen LogP) is 7.16. The van der Waals surface area contributed by atoms with E-state index in [-0.39, 0.29) is 19.8 Å². The molecule has 1 unspecified atom stereocenters. The standard InChI is InChI=1S/C48H62O13/c1-29(2)43(49)57-39-37(28-53-26-34-20-14-10-15-21-34)56-47(41(40(39)58-44(50)30(3)4)54-27-35-22-16-11-17-23-35)60-38-36(25-24-33-18-12-9-13-19-33)55-48(61-46(52)32(7)8)42(38)59-45(51)31(5)6/h9-23,29-32,36-42,47-48H,24-28H2,1-8H3/t36-,37-,38-,39-,40+,41-,42-,47-,48?/m1/s1. The summed E-state index contributed by atoms with van der Waals surface area (Å²) in [4.78, 5) is 53.5. The molecule has 3 aromatic carbocycles. The van der Waals surface area contributed by atoms with Crippen LogP contribution in [0.2, 0.25) is 0 Å². The molecule has 0 aliphatic carbocycles. The van der Waals surface area contributed by atoms with Crippen molar-refractivity contribution in [3.8, 4) is 0 Å². The SMILES string of the molecule is CC(C)C(=O)OC1O[C@H](CCc2ccccc2)[C@@H](O[C@H]2O[C@H](COCc3ccccc3)[C@@H](OC(=O)C(C)C)[C@H](OC(=O)C(C)C)[C@H]2OCc2ccccc2)[C@H]1OC(=O)C(C)C. The Labute approximate surface area is 359 Å². The van der Waals surface area contributed by atoms with Crippen LogP contribution in [0.1, 0.15) is 78.5 Å². The van der Waals surface area contributed by atoms with Gasteiger partial charge in [-0.1, -0.05) is 146 Å². The summed E-state index contributed by atoms with van der Waals surface area (Å²) in [6, 6.07) is 28.7. The van der Waals surface area contributed by atoms with E-state index in [1.807, 2.05) is 91.0 Å². The van der Waals surface area contributed by atoms with Gasteiger partial charge in [-0.3, -0.25) is 19.2 Å². The van der Waals surface area contributed by atoms with Crippen molar-refractivity contribution >= 4 is 23.9 Å². The Hall–Kier alpha value is -4.66. The molecular weight excluding hydrogens is 785 g/mol. The van der Waals surface area contributed by atoms with Crippen LogP contribution >= 0.6 is 0 Å². The third-order valence-corrected chi connectivity index (χ3v) is 10.3. The zero-order valence-corrected chi connectivity index (χ0v) is 36.5. The van der Waals surface area contributed by atoms with E-state index in [0.29, 0.717) is 12.8 Å². The van der Waals surface area contributed by atoms with Crippen molar-refractivity contribution in [3.63, 3.8) is 0 Å². The summed E-state index contributed by atoms with van der Waals surface area (Å²) in [7, 11) is 0. The van der Waals surface area contributed by atoms with Gasteiger partial charge in [0.15, 0.2) is 24.6 Å². The molecule has 2 aliphatic rings. The van der Waals surface area contributed by atoms with Crippen LogP contribution in [0.5, 0.6) is 0 Å². The van der Waals surface area contributed by atoms with Crippen LogP contribution < -0.4 is 0 Å². The molecule has 2 aliphatic heterocycles. The van der Waals surface area contributed by atoms with Crippen LogP contribution in [0.3, 0.4) is 0 Å². The van der Waals surface area contributed by atoms with Crippen molar-refractivity contribution in [2.24, 2.45) is 23.7 Å². The lowest BCUT2D eigenvalue weighted by Crippen LogP contribution is -2.64. The summed E-state index contributed by atoms with van der Waals surface area (Å²) < 4.78 is 57.4. The topological polar surface area (TPSA) is 151 Å². The van der Waals surface area contributed by atoms with Gasteiger partial charge < -0.3 is 42.6 Å². The lowest BCUT2D eigenvalue weighted by molar-refractivity contribution is -0.332. The van der Waals surface area contributed by atoms with Crippen molar-refractivity contribution in [2.75, 3.05) is 6.61 Å². The van der Waals surface area contributed by atoms with Gasteiger partial charge in [0.2, 0.25) is 6.29 Å². The van der Waals surface area contributed by atoms with E-state index in [4.69, 9.17) is 42.6 Å². The Morgan fingerprint density at radius 2 is 0.918 bits per heavy atom. The highest BCUT2D eigenvalue weighted by Gasteiger charge is 2.57. The minimum atomic E-state index is -1.36. The fraction of sp³-hybridized carbons (Fsp3) is 0.542. The number of esters is 4. The molecule has 0 N–H and O–H groups in total. The minimum absolute atomic E-state index is 0.0312. The van der Waals surface area contributed by atoms with Gasteiger partial charge in [-0.05, 0) is 29.5 Å². The molecule has 13 nitrogen and oxygen atoms in total. The second-order valence-corrected chi connectivity index (χ2v) is 16.7. The normalized spacial score (nSPS) is 25.1.